The Bertz CT molecular complexity index is 807. The van der Waals surface area contributed by atoms with Gasteiger partial charge in [0.15, 0.2) is 0 Å². The van der Waals surface area contributed by atoms with Crippen molar-refractivity contribution >= 4 is 33.2 Å². The van der Waals surface area contributed by atoms with Crippen LogP contribution in [0.15, 0.2) is 31.9 Å². The lowest BCUT2D eigenvalue weighted by Crippen LogP contribution is -2.28. The SMILES string of the molecule is CC/C(=C(C)/C=C(/F)CBr)n1c(/C(=N/O)C(=N)[N+](=O)[O-])noc1=O. The number of alkyl halides is 1. The van der Waals surface area contributed by atoms with Crippen LogP contribution in [0.25, 0.3) is 5.70 Å². The largest absolute Gasteiger partial charge is 0.446 e. The number of oxime groups is 1. The van der Waals surface area contributed by atoms with Crippen molar-refractivity contribution in [2.75, 3.05) is 5.33 Å². The molecule has 0 aliphatic carbocycles. The van der Waals surface area contributed by atoms with Crippen molar-refractivity contribution in [1.82, 2.24) is 9.72 Å². The van der Waals surface area contributed by atoms with Crippen LogP contribution >= 0.6 is 15.9 Å². The molecular formula is C12H13BrFN5O5. The van der Waals surface area contributed by atoms with Crippen LogP contribution in [0.4, 0.5) is 4.39 Å². The van der Waals surface area contributed by atoms with Gasteiger partial charge in [-0.05, 0) is 29.9 Å². The monoisotopic (exact) mass is 405 g/mol. The van der Waals surface area contributed by atoms with Crippen molar-refractivity contribution in [1.29, 1.82) is 5.41 Å². The molecule has 1 aromatic heterocycles. The molecule has 1 aromatic rings. The zero-order chi connectivity index (χ0) is 18.4. The first kappa shape index (κ1) is 19.4. The van der Waals surface area contributed by atoms with Gasteiger partial charge in [0.25, 0.3) is 0 Å². The first-order valence-corrected chi connectivity index (χ1v) is 7.57. The summed E-state index contributed by atoms with van der Waals surface area (Å²) in [5.74, 6) is -3.35. The fraction of sp³-hybridized carbons (Fsp3) is 0.333. The number of allylic oxidation sites excluding steroid dienone is 4. The highest BCUT2D eigenvalue weighted by molar-refractivity contribution is 9.09. The standard InChI is InChI=1S/C12H13BrFN5O5/c1-3-8(6(2)4-7(14)5-13)18-11(17-24-12(18)20)9(16-21)10(15)19(22)23/h4,15,21H,3,5H2,1-2H3/b7-4+,8-6-,15-10?,16-9+. The van der Waals surface area contributed by atoms with E-state index in [2.05, 4.69) is 30.8 Å². The van der Waals surface area contributed by atoms with E-state index < -0.39 is 33.9 Å². The maximum Gasteiger partial charge on any atom is 0.446 e. The van der Waals surface area contributed by atoms with E-state index in [0.29, 0.717) is 5.57 Å². The zero-order valence-corrected chi connectivity index (χ0v) is 14.2. The Morgan fingerprint density at radius 1 is 1.67 bits per heavy atom. The van der Waals surface area contributed by atoms with Crippen LogP contribution in [0.2, 0.25) is 0 Å². The Labute approximate surface area is 142 Å². The van der Waals surface area contributed by atoms with Gasteiger partial charge in [-0.2, -0.15) is 0 Å². The Morgan fingerprint density at radius 2 is 2.29 bits per heavy atom. The third-order valence-corrected chi connectivity index (χ3v) is 3.42. The van der Waals surface area contributed by atoms with Crippen molar-refractivity contribution in [3.05, 3.63) is 44.0 Å². The average molecular weight is 406 g/mol. The van der Waals surface area contributed by atoms with E-state index in [4.69, 9.17) is 10.6 Å². The molecule has 12 heteroatoms. The van der Waals surface area contributed by atoms with Gasteiger partial charge in [0.05, 0.1) is 5.33 Å². The average Bonchev–Trinajstić information content (AvgIpc) is 2.90. The first-order valence-electron chi connectivity index (χ1n) is 6.45. The third-order valence-electron chi connectivity index (χ3n) is 2.88. The Balaban J connectivity index is 3.64. The predicted molar refractivity (Wildman–Crippen MR) is 86.0 cm³/mol. The number of rotatable bonds is 6. The van der Waals surface area contributed by atoms with Crippen molar-refractivity contribution in [2.24, 2.45) is 5.16 Å². The van der Waals surface area contributed by atoms with Gasteiger partial charge in [0, 0.05) is 5.70 Å². The summed E-state index contributed by atoms with van der Waals surface area (Å²) >= 11 is 2.94. The van der Waals surface area contributed by atoms with Gasteiger partial charge in [-0.25, -0.2) is 13.8 Å². The van der Waals surface area contributed by atoms with Crippen molar-refractivity contribution < 1.29 is 19.0 Å². The van der Waals surface area contributed by atoms with E-state index in [1.165, 1.54) is 6.92 Å². The van der Waals surface area contributed by atoms with Crippen LogP contribution in [0, 0.1) is 15.5 Å². The molecule has 1 heterocycles. The van der Waals surface area contributed by atoms with Crippen LogP contribution in [-0.2, 0) is 0 Å². The molecule has 0 bridgehead atoms. The van der Waals surface area contributed by atoms with Crippen LogP contribution in [0.3, 0.4) is 0 Å². The van der Waals surface area contributed by atoms with Crippen molar-refractivity contribution in [2.45, 2.75) is 20.3 Å². The molecule has 24 heavy (non-hydrogen) atoms. The fourth-order valence-electron chi connectivity index (χ4n) is 1.89. The van der Waals surface area contributed by atoms with Gasteiger partial charge in [-0.3, -0.25) is 4.52 Å². The minimum Gasteiger partial charge on any atom is -0.410 e. The van der Waals surface area contributed by atoms with Gasteiger partial charge < -0.3 is 15.3 Å². The smallest absolute Gasteiger partial charge is 0.410 e. The lowest BCUT2D eigenvalue weighted by Gasteiger charge is -2.09. The minimum absolute atomic E-state index is 0.0396. The lowest BCUT2D eigenvalue weighted by molar-refractivity contribution is -0.347. The van der Waals surface area contributed by atoms with E-state index in [1.807, 2.05) is 0 Å². The van der Waals surface area contributed by atoms with Gasteiger partial charge in [0.1, 0.15) is 5.83 Å². The summed E-state index contributed by atoms with van der Waals surface area (Å²) in [5, 5.41) is 32.9. The Hall–Kier alpha value is -2.63. The summed E-state index contributed by atoms with van der Waals surface area (Å²) in [5.41, 5.74) is -0.329. The summed E-state index contributed by atoms with van der Waals surface area (Å²) in [6, 6.07) is 0. The number of hydrogen-bond acceptors (Lipinski definition) is 8. The van der Waals surface area contributed by atoms with E-state index in [1.54, 1.807) is 6.92 Å². The molecule has 0 spiro atoms. The van der Waals surface area contributed by atoms with Crippen molar-refractivity contribution in [3.8, 4) is 0 Å². The second kappa shape index (κ2) is 8.29. The highest BCUT2D eigenvalue weighted by Gasteiger charge is 2.29. The first-order chi connectivity index (χ1) is 11.3. The van der Waals surface area contributed by atoms with E-state index in [-0.39, 0.29) is 17.4 Å². The molecule has 0 saturated heterocycles. The summed E-state index contributed by atoms with van der Waals surface area (Å²) in [6.07, 6.45) is 1.36. The van der Waals surface area contributed by atoms with Gasteiger partial charge in [-0.15, -0.1) is 0 Å². The van der Waals surface area contributed by atoms with Crippen LogP contribution < -0.4 is 5.76 Å². The molecule has 0 fully saturated rings. The fourth-order valence-corrected chi connectivity index (χ4v) is 2.05. The number of amidine groups is 1. The number of halogens is 2. The predicted octanol–water partition coefficient (Wildman–Crippen LogP) is 2.16. The van der Waals surface area contributed by atoms with E-state index in [9.17, 15) is 19.3 Å². The van der Waals surface area contributed by atoms with Gasteiger partial charge >= 0.3 is 11.6 Å². The van der Waals surface area contributed by atoms with Crippen LogP contribution in [0.1, 0.15) is 26.1 Å². The summed E-state index contributed by atoms with van der Waals surface area (Å²) in [6.45, 7) is 3.16. The normalized spacial score (nSPS) is 13.7. The Kier molecular flexibility index (Phi) is 6.70. The number of nitrogens with one attached hydrogen (secondary N) is 1. The Morgan fingerprint density at radius 3 is 2.75 bits per heavy atom. The molecule has 0 atom stereocenters. The topological polar surface area (TPSA) is 148 Å². The highest BCUT2D eigenvalue weighted by Crippen LogP contribution is 2.19. The molecule has 0 aliphatic rings. The maximum atomic E-state index is 13.4. The summed E-state index contributed by atoms with van der Waals surface area (Å²) < 4.78 is 18.7. The molecule has 0 unspecified atom stereocenters. The molecule has 0 amide bonds. The molecule has 2 N–H and O–H groups in total. The molecule has 0 aliphatic heterocycles. The van der Waals surface area contributed by atoms with Crippen LogP contribution in [-0.4, -0.2) is 36.7 Å². The lowest BCUT2D eigenvalue weighted by atomic mass is 10.1. The zero-order valence-electron chi connectivity index (χ0n) is 12.6. The quantitative estimate of drug-likeness (QED) is 0.141. The molecule has 0 radical (unpaired) electrons. The van der Waals surface area contributed by atoms with Gasteiger partial charge in [-0.1, -0.05) is 38.6 Å². The second-order valence-corrected chi connectivity index (χ2v) is 4.93. The summed E-state index contributed by atoms with van der Waals surface area (Å²) in [4.78, 5) is 21.5. The minimum atomic E-state index is -1.28. The van der Waals surface area contributed by atoms with Crippen LogP contribution in [0.5, 0.6) is 0 Å². The van der Waals surface area contributed by atoms with E-state index in [0.717, 1.165) is 10.6 Å². The highest BCUT2D eigenvalue weighted by atomic mass is 79.9. The summed E-state index contributed by atoms with van der Waals surface area (Å²) in [7, 11) is 0. The van der Waals surface area contributed by atoms with Gasteiger partial charge in [0.2, 0.25) is 11.5 Å². The van der Waals surface area contributed by atoms with Crippen molar-refractivity contribution in [3.63, 3.8) is 0 Å². The molecule has 1 rings (SSSR count). The molecular weight excluding hydrogens is 393 g/mol. The maximum absolute atomic E-state index is 13.4. The van der Waals surface area contributed by atoms with E-state index >= 15 is 0 Å². The second-order valence-electron chi connectivity index (χ2n) is 4.37. The third kappa shape index (κ3) is 4.01. The number of nitrogens with zero attached hydrogens (tertiary/aromatic N) is 4. The number of hydrogen-bond donors (Lipinski definition) is 2. The molecule has 10 nitrogen and oxygen atoms in total. The molecule has 0 saturated carbocycles. The molecule has 130 valence electrons. The molecule has 0 aromatic carbocycles. The number of nitro groups is 1. The number of aromatic nitrogens is 2.